The third-order valence-electron chi connectivity index (χ3n) is 27.4. The minimum Gasteiger partial charge on any atom is -0.495 e. The van der Waals surface area contributed by atoms with Crippen molar-refractivity contribution in [3.63, 3.8) is 0 Å². The Bertz CT molecular complexity index is 7450. The zero-order valence-corrected chi connectivity index (χ0v) is 76.4. The first-order valence-electron chi connectivity index (χ1n) is 45.5. The molecule has 1 atom stereocenters. The summed E-state index contributed by atoms with van der Waals surface area (Å²) in [6, 6.07) is 26.6. The van der Waals surface area contributed by atoms with Gasteiger partial charge in [0.1, 0.15) is 94.3 Å². The number of likely N-dealkylation sites (N-methyl/N-ethyl adjacent to an activating group) is 1. The van der Waals surface area contributed by atoms with Gasteiger partial charge in [-0.1, -0.05) is 90.6 Å². The first-order valence-corrected chi connectivity index (χ1v) is 45.9. The zero-order chi connectivity index (χ0) is 94.7. The maximum atomic E-state index is 15.1. The molecule has 8 aliphatic rings. The van der Waals surface area contributed by atoms with E-state index in [0.29, 0.717) is 103 Å². The van der Waals surface area contributed by atoms with Crippen molar-refractivity contribution in [3.8, 4) is 50.3 Å². The molecule has 0 radical (unpaired) electrons. The van der Waals surface area contributed by atoms with Gasteiger partial charge in [0.25, 0.3) is 0 Å². The number of nitrogens with one attached hydrogen (secondary N) is 8. The topological polar surface area (TPSA) is 508 Å². The SMILES string of the molecule is CC1(c2cc(NC(=O)Nc3ccc(-c4cn(C5CC5)c5ncnc(N)c45)cc3Cl)on2)CC1.CC1(c2cc(NC(=O)Nc3ccc(-c4cn(C5CC5)c5ncnc(N)c45)cc3F)no2)CCC1.CN1CCC(n2cc(-c3ccc(NC(=O)Nc4cc(C5(C)CC5)no4)c(F)c3)c3c(N)ncnc32)C1.COc1cc(-c2cn(C3CC3)c3ncnc(N)c23)ccc1NC(=O)Nc1cc(C2(C)CC2)no1. The van der Waals surface area contributed by atoms with Crippen LogP contribution in [0.25, 0.3) is 88.6 Å². The largest absolute Gasteiger partial charge is 0.495 e. The first kappa shape index (κ1) is 88.0. The summed E-state index contributed by atoms with van der Waals surface area (Å²) in [6.45, 7) is 10.3. The van der Waals surface area contributed by atoms with E-state index in [1.165, 1.54) is 49.6 Å². The van der Waals surface area contributed by atoms with E-state index in [4.69, 9.17) is 57.4 Å². The van der Waals surface area contributed by atoms with Crippen LogP contribution in [-0.4, -0.2) is 135 Å². The average molecular weight is 1880 g/mol. The number of nitrogen functional groups attached to an aromatic ring is 4. The lowest BCUT2D eigenvalue weighted by atomic mass is 9.69. The quantitative estimate of drug-likeness (QED) is 0.0318. The fraction of sp³-hybridized carbons (Fsp3) is 0.333. The molecular formula is C96H98ClF2N29O9. The molecular weight excluding hydrogens is 1780 g/mol. The second-order valence-corrected chi connectivity index (χ2v) is 38.2. The smallest absolute Gasteiger partial charge is 0.326 e. The number of likely N-dealkylation sites (tertiary alicyclic amines) is 1. The lowest BCUT2D eigenvalue weighted by molar-refractivity contribution is 0.203. The van der Waals surface area contributed by atoms with Crippen LogP contribution in [0.2, 0.25) is 5.02 Å². The molecule has 16 N–H and O–H groups in total. The van der Waals surface area contributed by atoms with Crippen molar-refractivity contribution < 1.29 is 50.8 Å². The van der Waals surface area contributed by atoms with Gasteiger partial charge in [-0.25, -0.2) is 67.8 Å². The minimum atomic E-state index is -0.620. The molecule has 0 bridgehead atoms. The summed E-state index contributed by atoms with van der Waals surface area (Å²) < 4.78 is 65.3. The van der Waals surface area contributed by atoms with Crippen LogP contribution < -0.4 is 70.2 Å². The number of methoxy groups -OCH3 is 1. The van der Waals surface area contributed by atoms with Crippen LogP contribution in [0.3, 0.4) is 0 Å². The number of aromatic nitrogens is 16. The van der Waals surface area contributed by atoms with Crippen molar-refractivity contribution in [1.29, 1.82) is 0 Å². The number of ether oxygens (including phenoxy) is 1. The van der Waals surface area contributed by atoms with Crippen LogP contribution in [0.4, 0.5) is 97.5 Å². The van der Waals surface area contributed by atoms with Gasteiger partial charge in [-0.3, -0.25) is 21.3 Å². The number of amides is 8. The van der Waals surface area contributed by atoms with E-state index < -0.39 is 35.8 Å². The number of hydrogen-bond donors (Lipinski definition) is 12. The number of benzene rings is 4. The number of carbonyl (C=O) groups is 4. The molecule has 13 heterocycles. The fourth-order valence-electron chi connectivity index (χ4n) is 17.8. The number of fused-ring (bicyclic) bond motifs is 4. The molecule has 24 rings (SSSR count). The van der Waals surface area contributed by atoms with Gasteiger partial charge >= 0.3 is 24.1 Å². The predicted octanol–water partition coefficient (Wildman–Crippen LogP) is 19.7. The second-order valence-electron chi connectivity index (χ2n) is 37.7. The maximum absolute atomic E-state index is 15.1. The summed E-state index contributed by atoms with van der Waals surface area (Å²) in [5.41, 5.74) is 38.0. The zero-order valence-electron chi connectivity index (χ0n) is 75.6. The van der Waals surface area contributed by atoms with Crippen molar-refractivity contribution >= 4 is 149 Å². The van der Waals surface area contributed by atoms with Crippen LogP contribution >= 0.6 is 11.6 Å². The Morgan fingerprint density at radius 3 is 1.09 bits per heavy atom. The van der Waals surface area contributed by atoms with Gasteiger partial charge in [-0.15, -0.1) is 0 Å². The molecule has 7 saturated carbocycles. The van der Waals surface area contributed by atoms with Crippen LogP contribution in [0, 0.1) is 11.6 Å². The van der Waals surface area contributed by atoms with Crippen molar-refractivity contribution in [1.82, 2.24) is 83.7 Å². The van der Waals surface area contributed by atoms with Crippen molar-refractivity contribution in [2.45, 2.75) is 176 Å². The van der Waals surface area contributed by atoms with Gasteiger partial charge in [-0.05, 0) is 181 Å². The second kappa shape index (κ2) is 34.7. The minimum absolute atomic E-state index is 0.0209. The highest BCUT2D eigenvalue weighted by Crippen LogP contribution is 2.53. The van der Waals surface area contributed by atoms with E-state index >= 15 is 4.39 Å². The van der Waals surface area contributed by atoms with Crippen LogP contribution in [0.5, 0.6) is 5.75 Å². The number of carbonyl (C=O) groups excluding carboxylic acids is 4. The Hall–Kier alpha value is -15.6. The standard InChI is InChI=1S/C25H27FN8O2.C24H24FN7O2.C24H25N7O3.C23H22ClN7O2/c1-25(6-7-25)19-10-20(36-32-19)31-24(35)30-18-4-3-14(9-17(18)26)16-12-34(15-5-8-33(2)11-15)23-21(16)22(27)28-13-29-23;1-24(7-2-8-24)18-10-19(31-34-18)30-23(33)29-17-6-3-13(9-16(17)25)15-11-32(14-4-5-14)22-20(15)21(26)27-12-28-22;1-24(7-8-24)18-10-19(34-30-18)29-23(32)28-16-6-3-13(9-17(16)33-2)15-11-31(14-4-5-14)22-20(15)21(25)26-12-27-22;1-23(6-7-23)17-9-18(33-30-17)29-22(32)28-16-5-2-12(8-15(16)24)14-10-31(13-3-4-13)21-19(14)20(25)26-11-27-21/h3-4,9-10,12-13,15H,5-8,11H2,1-2H3,(H2,27,28,29)(H2,30,31,35);3,6,9-12,14H,2,4-5,7-8H2,1H3,(H2,26,27,28)(H2,29,30,31,33);3,6,9-12,14H,4-5,7-8H2,1-2H3,(H2,25,26,27)(H2,28,29,32);2,5,8-11,13H,3-4,6-7H2,1H3,(H2,25,26,27)(H2,28,29,32). The van der Waals surface area contributed by atoms with Crippen LogP contribution in [0.15, 0.2) is 165 Å². The normalized spacial score (nSPS) is 17.3. The molecule has 7 aliphatic carbocycles. The summed E-state index contributed by atoms with van der Waals surface area (Å²) in [5.74, 6) is 2.78. The molecule has 41 heteroatoms. The molecule has 12 aromatic heterocycles. The van der Waals surface area contributed by atoms with Gasteiger partial charge in [0.15, 0.2) is 5.82 Å². The summed E-state index contributed by atoms with van der Waals surface area (Å²) in [7, 11) is 3.65. The number of anilines is 12. The maximum Gasteiger partial charge on any atom is 0.326 e. The fourth-order valence-corrected chi connectivity index (χ4v) is 18.0. The number of hydrogen-bond acceptors (Lipinski definition) is 26. The number of nitrogens with zero attached hydrogens (tertiary/aromatic N) is 17. The van der Waals surface area contributed by atoms with Gasteiger partial charge < -0.3 is 90.2 Å². The van der Waals surface area contributed by atoms with Gasteiger partial charge in [0.2, 0.25) is 17.7 Å². The van der Waals surface area contributed by atoms with Crippen molar-refractivity contribution in [2.24, 2.45) is 0 Å². The highest BCUT2D eigenvalue weighted by atomic mass is 35.5. The first-order chi connectivity index (χ1) is 66.1. The van der Waals surface area contributed by atoms with Crippen LogP contribution in [0.1, 0.15) is 177 Å². The molecule has 1 unspecified atom stereocenters. The summed E-state index contributed by atoms with van der Waals surface area (Å²) in [6.07, 6.45) is 31.1. The van der Waals surface area contributed by atoms with E-state index in [0.717, 1.165) is 205 Å². The molecule has 137 heavy (non-hydrogen) atoms. The van der Waals surface area contributed by atoms with Crippen molar-refractivity contribution in [2.75, 3.05) is 92.7 Å². The molecule has 4 aromatic carbocycles. The third kappa shape index (κ3) is 17.9. The molecule has 0 spiro atoms. The lowest BCUT2D eigenvalue weighted by Gasteiger charge is -2.35. The van der Waals surface area contributed by atoms with E-state index in [-0.39, 0.29) is 45.0 Å². The van der Waals surface area contributed by atoms with Gasteiger partial charge in [0.05, 0.1) is 73.5 Å². The summed E-state index contributed by atoms with van der Waals surface area (Å²) in [4.78, 5) is 86.6. The molecule has 8 amide bonds. The van der Waals surface area contributed by atoms with E-state index in [9.17, 15) is 23.6 Å². The molecule has 702 valence electrons. The summed E-state index contributed by atoms with van der Waals surface area (Å²) in [5, 5.41) is 40.7. The van der Waals surface area contributed by atoms with Crippen molar-refractivity contribution in [3.05, 3.63) is 187 Å². The molecule has 1 aliphatic heterocycles. The molecule has 16 aromatic rings. The number of nitrogens with two attached hydrogens (primary N) is 4. The van der Waals surface area contributed by atoms with Crippen LogP contribution in [-0.2, 0) is 21.7 Å². The number of urea groups is 4. The Morgan fingerprint density at radius 1 is 0.401 bits per heavy atom. The highest BCUT2D eigenvalue weighted by Gasteiger charge is 2.45. The number of rotatable bonds is 21. The Labute approximate surface area is 785 Å². The lowest BCUT2D eigenvalue weighted by Crippen LogP contribution is -2.29. The molecule has 8 fully saturated rings. The Kier molecular flexibility index (Phi) is 22.3. The van der Waals surface area contributed by atoms with E-state index in [1.807, 2.05) is 30.6 Å². The highest BCUT2D eigenvalue weighted by molar-refractivity contribution is 6.34. The molecule has 1 saturated heterocycles. The third-order valence-corrected chi connectivity index (χ3v) is 27.7. The van der Waals surface area contributed by atoms with E-state index in [1.54, 1.807) is 61.7 Å². The molecule has 38 nitrogen and oxygen atoms in total. The average Bonchev–Trinajstić information content (AvgIpc) is 1.60. The number of halogens is 3. The van der Waals surface area contributed by atoms with Gasteiger partial charge in [-0.2, -0.15) is 0 Å². The predicted molar refractivity (Wildman–Crippen MR) is 514 cm³/mol. The monoisotopic (exact) mass is 1870 g/mol. The van der Waals surface area contributed by atoms with Gasteiger partial charge in [0, 0.05) is 124 Å². The van der Waals surface area contributed by atoms with E-state index in [2.05, 4.69) is 173 Å². The Morgan fingerprint density at radius 2 is 0.752 bits per heavy atom. The Balaban J connectivity index is 0.000000109. The summed E-state index contributed by atoms with van der Waals surface area (Å²) >= 11 is 6.52.